The molecule has 0 spiro atoms. The van der Waals surface area contributed by atoms with Gasteiger partial charge in [-0.2, -0.15) is 0 Å². The van der Waals surface area contributed by atoms with Gasteiger partial charge < -0.3 is 16.0 Å². The summed E-state index contributed by atoms with van der Waals surface area (Å²) in [5, 5.41) is 8.60. The Morgan fingerprint density at radius 2 is 1.55 bits per heavy atom. The molecule has 0 aromatic heterocycles. The van der Waals surface area contributed by atoms with Crippen molar-refractivity contribution in [2.24, 2.45) is 0 Å². The first-order chi connectivity index (χ1) is 14.9. The largest absolute Gasteiger partial charge is 0.350 e. The number of anilines is 1. The zero-order valence-corrected chi connectivity index (χ0v) is 17.7. The van der Waals surface area contributed by atoms with Gasteiger partial charge in [0, 0.05) is 28.4 Å². The summed E-state index contributed by atoms with van der Waals surface area (Å²) in [4.78, 5) is 36.5. The van der Waals surface area contributed by atoms with E-state index in [0.717, 1.165) is 11.1 Å². The van der Waals surface area contributed by atoms with E-state index >= 15 is 0 Å². The molecule has 3 aromatic carbocycles. The first-order valence-corrected chi connectivity index (χ1v) is 10.1. The number of rotatable bonds is 7. The van der Waals surface area contributed by atoms with Crippen LogP contribution in [0.4, 0.5) is 5.69 Å². The standard InChI is InChI=1S/C24H22ClN3O3/c1-16-8-10-18(11-9-16)24(31)28-21-7-2-4-17(12-21)14-26-22(29)15-27-23(30)19-5-3-6-20(25)13-19/h2-13H,14-15H2,1H3,(H,26,29)(H,27,30)(H,28,31). The van der Waals surface area contributed by atoms with Crippen molar-refractivity contribution < 1.29 is 14.4 Å². The number of hydrogen-bond donors (Lipinski definition) is 3. The molecular weight excluding hydrogens is 414 g/mol. The summed E-state index contributed by atoms with van der Waals surface area (Å²) in [6.45, 7) is 2.07. The summed E-state index contributed by atoms with van der Waals surface area (Å²) in [7, 11) is 0. The first kappa shape index (κ1) is 22.1. The van der Waals surface area contributed by atoms with Crippen molar-refractivity contribution in [1.82, 2.24) is 10.6 Å². The maximum absolute atomic E-state index is 12.4. The second kappa shape index (κ2) is 10.4. The van der Waals surface area contributed by atoms with Crippen LogP contribution < -0.4 is 16.0 Å². The van der Waals surface area contributed by atoms with Gasteiger partial charge in [-0.3, -0.25) is 14.4 Å². The highest BCUT2D eigenvalue weighted by atomic mass is 35.5. The lowest BCUT2D eigenvalue weighted by Gasteiger charge is -2.10. The maximum atomic E-state index is 12.4. The Kier molecular flexibility index (Phi) is 7.40. The van der Waals surface area contributed by atoms with Gasteiger partial charge in [0.1, 0.15) is 0 Å². The third-order valence-electron chi connectivity index (χ3n) is 4.48. The maximum Gasteiger partial charge on any atom is 0.255 e. The molecule has 0 atom stereocenters. The number of benzene rings is 3. The number of nitrogens with one attached hydrogen (secondary N) is 3. The first-order valence-electron chi connectivity index (χ1n) is 9.68. The Labute approximate surface area is 185 Å². The smallest absolute Gasteiger partial charge is 0.255 e. The quantitative estimate of drug-likeness (QED) is 0.525. The molecule has 0 saturated heterocycles. The molecular formula is C24H22ClN3O3. The Morgan fingerprint density at radius 1 is 0.806 bits per heavy atom. The van der Waals surface area contributed by atoms with Crippen LogP contribution in [0.1, 0.15) is 31.8 Å². The van der Waals surface area contributed by atoms with E-state index in [1.165, 1.54) is 6.07 Å². The fourth-order valence-corrected chi connectivity index (χ4v) is 3.01. The molecule has 158 valence electrons. The second-order valence-electron chi connectivity index (χ2n) is 6.99. The SMILES string of the molecule is Cc1ccc(C(=O)Nc2cccc(CNC(=O)CNC(=O)c3cccc(Cl)c3)c2)cc1. The van der Waals surface area contributed by atoms with E-state index in [0.29, 0.717) is 21.8 Å². The van der Waals surface area contributed by atoms with E-state index in [4.69, 9.17) is 11.6 Å². The Morgan fingerprint density at radius 3 is 2.29 bits per heavy atom. The lowest BCUT2D eigenvalue weighted by Crippen LogP contribution is -2.36. The van der Waals surface area contributed by atoms with Crippen molar-refractivity contribution in [2.45, 2.75) is 13.5 Å². The molecule has 0 aliphatic carbocycles. The van der Waals surface area contributed by atoms with Crippen molar-refractivity contribution in [2.75, 3.05) is 11.9 Å². The Hall–Kier alpha value is -3.64. The van der Waals surface area contributed by atoms with Crippen LogP contribution in [0.15, 0.2) is 72.8 Å². The number of amides is 3. The van der Waals surface area contributed by atoms with Gasteiger partial charge in [-0.05, 0) is 55.0 Å². The number of aryl methyl sites for hydroxylation is 1. The van der Waals surface area contributed by atoms with E-state index in [1.807, 2.05) is 25.1 Å². The van der Waals surface area contributed by atoms with Gasteiger partial charge >= 0.3 is 0 Å². The van der Waals surface area contributed by atoms with Crippen molar-refractivity contribution in [3.05, 3.63) is 100 Å². The fourth-order valence-electron chi connectivity index (χ4n) is 2.82. The monoisotopic (exact) mass is 435 g/mol. The van der Waals surface area contributed by atoms with Gasteiger partial charge in [0.05, 0.1) is 6.54 Å². The van der Waals surface area contributed by atoms with Gasteiger partial charge in [-0.25, -0.2) is 0 Å². The molecule has 3 rings (SSSR count). The molecule has 0 bridgehead atoms. The molecule has 0 aliphatic heterocycles. The molecule has 3 aromatic rings. The minimum atomic E-state index is -0.376. The predicted molar refractivity (Wildman–Crippen MR) is 121 cm³/mol. The van der Waals surface area contributed by atoms with E-state index in [1.54, 1.807) is 48.5 Å². The molecule has 0 radical (unpaired) electrons. The second-order valence-corrected chi connectivity index (χ2v) is 7.43. The molecule has 0 heterocycles. The molecule has 0 unspecified atom stereocenters. The van der Waals surface area contributed by atoms with Crippen molar-refractivity contribution >= 4 is 35.0 Å². The predicted octanol–water partition coefficient (Wildman–Crippen LogP) is 3.95. The van der Waals surface area contributed by atoms with Crippen LogP contribution in [0.5, 0.6) is 0 Å². The number of halogens is 1. The topological polar surface area (TPSA) is 87.3 Å². The average Bonchev–Trinajstić information content (AvgIpc) is 2.76. The van der Waals surface area contributed by atoms with Gasteiger partial charge in [0.2, 0.25) is 5.91 Å². The molecule has 0 aliphatic rings. The molecule has 0 fully saturated rings. The van der Waals surface area contributed by atoms with Crippen molar-refractivity contribution in [3.63, 3.8) is 0 Å². The van der Waals surface area contributed by atoms with Gasteiger partial charge in [0.25, 0.3) is 11.8 Å². The van der Waals surface area contributed by atoms with Gasteiger partial charge in [-0.15, -0.1) is 0 Å². The van der Waals surface area contributed by atoms with Crippen molar-refractivity contribution in [3.8, 4) is 0 Å². The normalized spacial score (nSPS) is 10.3. The Bertz CT molecular complexity index is 1100. The highest BCUT2D eigenvalue weighted by Crippen LogP contribution is 2.13. The highest BCUT2D eigenvalue weighted by Gasteiger charge is 2.09. The summed E-state index contributed by atoms with van der Waals surface area (Å²) < 4.78 is 0. The molecule has 3 amide bonds. The van der Waals surface area contributed by atoms with Gasteiger partial charge in [0.15, 0.2) is 0 Å². The molecule has 31 heavy (non-hydrogen) atoms. The van der Waals surface area contributed by atoms with Crippen molar-refractivity contribution in [1.29, 1.82) is 0 Å². The number of hydrogen-bond acceptors (Lipinski definition) is 3. The summed E-state index contributed by atoms with van der Waals surface area (Å²) in [5.41, 5.74) is 3.48. The lowest BCUT2D eigenvalue weighted by molar-refractivity contribution is -0.120. The Balaban J connectivity index is 1.49. The lowest BCUT2D eigenvalue weighted by atomic mass is 10.1. The van der Waals surface area contributed by atoms with E-state index in [-0.39, 0.29) is 30.8 Å². The van der Waals surface area contributed by atoms with Gasteiger partial charge in [-0.1, -0.05) is 47.5 Å². The summed E-state index contributed by atoms with van der Waals surface area (Å²) in [6, 6.07) is 21.0. The zero-order valence-electron chi connectivity index (χ0n) is 16.9. The van der Waals surface area contributed by atoms with Crippen LogP contribution in [0.3, 0.4) is 0 Å². The third-order valence-corrected chi connectivity index (χ3v) is 4.72. The van der Waals surface area contributed by atoms with Crippen LogP contribution in [-0.2, 0) is 11.3 Å². The van der Waals surface area contributed by atoms with Crippen LogP contribution in [-0.4, -0.2) is 24.3 Å². The third kappa shape index (κ3) is 6.69. The average molecular weight is 436 g/mol. The van der Waals surface area contributed by atoms with E-state index in [2.05, 4.69) is 16.0 Å². The minimum absolute atomic E-state index is 0.158. The molecule has 6 nitrogen and oxygen atoms in total. The van der Waals surface area contributed by atoms with Crippen LogP contribution in [0.25, 0.3) is 0 Å². The number of carbonyl (C=O) groups excluding carboxylic acids is 3. The molecule has 3 N–H and O–H groups in total. The number of carbonyl (C=O) groups is 3. The van der Waals surface area contributed by atoms with Crippen LogP contribution >= 0.6 is 11.6 Å². The van der Waals surface area contributed by atoms with Crippen LogP contribution in [0.2, 0.25) is 5.02 Å². The fraction of sp³-hybridized carbons (Fsp3) is 0.125. The van der Waals surface area contributed by atoms with E-state index < -0.39 is 0 Å². The highest BCUT2D eigenvalue weighted by molar-refractivity contribution is 6.31. The zero-order chi connectivity index (χ0) is 22.2. The van der Waals surface area contributed by atoms with E-state index in [9.17, 15) is 14.4 Å². The van der Waals surface area contributed by atoms with Crippen LogP contribution in [0, 0.1) is 6.92 Å². The summed E-state index contributed by atoms with van der Waals surface area (Å²) in [5.74, 6) is -0.909. The summed E-state index contributed by atoms with van der Waals surface area (Å²) in [6.07, 6.45) is 0. The molecule has 7 heteroatoms. The summed E-state index contributed by atoms with van der Waals surface area (Å²) >= 11 is 5.87. The minimum Gasteiger partial charge on any atom is -0.350 e. The molecule has 0 saturated carbocycles.